The highest BCUT2D eigenvalue weighted by molar-refractivity contribution is 7.11. The van der Waals surface area contributed by atoms with Crippen LogP contribution in [0.1, 0.15) is 34.3 Å². The number of aromatic carboxylic acids is 1. The molecule has 0 spiro atoms. The lowest BCUT2D eigenvalue weighted by molar-refractivity contribution is 0.0693. The Hall–Kier alpha value is -2.83. The number of piperidine rings is 1. The number of amides is 2. The van der Waals surface area contributed by atoms with Crippen molar-refractivity contribution in [1.82, 2.24) is 19.9 Å². The van der Waals surface area contributed by atoms with Crippen molar-refractivity contribution >= 4 is 28.5 Å². The van der Waals surface area contributed by atoms with Gasteiger partial charge in [0.15, 0.2) is 5.56 Å². The number of carboxylic acids is 1. The number of hydrogen-bond donors (Lipinski definition) is 4. The van der Waals surface area contributed by atoms with E-state index in [0.29, 0.717) is 18.5 Å². The predicted octanol–water partition coefficient (Wildman–Crippen LogP) is 2.81. The van der Waals surface area contributed by atoms with Crippen molar-refractivity contribution in [2.45, 2.75) is 32.4 Å². The minimum absolute atomic E-state index is 0.00127. The summed E-state index contributed by atoms with van der Waals surface area (Å²) in [5.41, 5.74) is -0.257. The van der Waals surface area contributed by atoms with Gasteiger partial charge in [-0.3, -0.25) is 10.2 Å². The van der Waals surface area contributed by atoms with Crippen LogP contribution >= 0.6 is 11.5 Å². The zero-order valence-corrected chi connectivity index (χ0v) is 19.5. The van der Waals surface area contributed by atoms with E-state index >= 15 is 0 Å². The third-order valence-electron chi connectivity index (χ3n) is 6.22. The SMILES string of the molecule is Cc1cc(F)c(COc2nsc(NC(=O)NCC3CCC4CNCCN4C3)c2C(=O)O)cc1F. The molecule has 1 aromatic carbocycles. The van der Waals surface area contributed by atoms with Gasteiger partial charge in [0.25, 0.3) is 0 Å². The smallest absolute Gasteiger partial charge is 0.344 e. The highest BCUT2D eigenvalue weighted by Crippen LogP contribution is 2.31. The van der Waals surface area contributed by atoms with E-state index in [9.17, 15) is 23.5 Å². The van der Waals surface area contributed by atoms with Crippen LogP contribution < -0.4 is 20.7 Å². The molecule has 9 nitrogen and oxygen atoms in total. The molecule has 2 fully saturated rings. The number of aryl methyl sites for hydroxylation is 1. The van der Waals surface area contributed by atoms with Gasteiger partial charge in [-0.25, -0.2) is 18.4 Å². The number of anilines is 1. The summed E-state index contributed by atoms with van der Waals surface area (Å²) in [5, 5.41) is 18.3. The standard InChI is InChI=1S/C22H27F2N5O4S/c1-12-6-17(24)14(7-16(12)23)11-33-19-18(21(30)31)20(34-28-19)27-22(32)26-8-13-2-3-15-9-25-4-5-29(15)10-13/h6-7,13,15,25H,2-5,8-11H2,1H3,(H,30,31)(H2,26,27,32). The van der Waals surface area contributed by atoms with Crippen LogP contribution in [0.15, 0.2) is 12.1 Å². The molecule has 2 unspecified atom stereocenters. The van der Waals surface area contributed by atoms with Crippen LogP contribution in [0.3, 0.4) is 0 Å². The highest BCUT2D eigenvalue weighted by Gasteiger charge is 2.30. The molecule has 0 aliphatic carbocycles. The van der Waals surface area contributed by atoms with Crippen molar-refractivity contribution < 1.29 is 28.2 Å². The van der Waals surface area contributed by atoms with Gasteiger partial charge in [-0.2, -0.15) is 4.37 Å². The third-order valence-corrected chi connectivity index (χ3v) is 6.96. The first-order valence-electron chi connectivity index (χ1n) is 11.1. The number of ether oxygens (including phenoxy) is 1. The molecule has 2 aliphatic heterocycles. The second kappa shape index (κ2) is 10.6. The molecule has 12 heteroatoms. The number of carbonyl (C=O) groups is 2. The first-order valence-corrected chi connectivity index (χ1v) is 11.9. The predicted molar refractivity (Wildman–Crippen MR) is 122 cm³/mol. The number of carbonyl (C=O) groups excluding carboxylic acids is 1. The largest absolute Gasteiger partial charge is 0.477 e. The first kappa shape index (κ1) is 24.3. The van der Waals surface area contributed by atoms with E-state index < -0.39 is 30.2 Å². The summed E-state index contributed by atoms with van der Waals surface area (Å²) >= 11 is 0.743. The number of halogens is 2. The Morgan fingerprint density at radius 2 is 2.15 bits per heavy atom. The monoisotopic (exact) mass is 495 g/mol. The molecule has 4 rings (SSSR count). The summed E-state index contributed by atoms with van der Waals surface area (Å²) in [6.07, 6.45) is 2.09. The summed E-state index contributed by atoms with van der Waals surface area (Å²) < 4.78 is 37.1. The highest BCUT2D eigenvalue weighted by atomic mass is 32.1. The Bertz CT molecular complexity index is 1070. The lowest BCUT2D eigenvalue weighted by Gasteiger charge is -2.42. The second-order valence-corrected chi connectivity index (χ2v) is 9.38. The topological polar surface area (TPSA) is 116 Å². The maximum Gasteiger partial charge on any atom is 0.344 e. The number of urea groups is 1. The Labute approximate surface area is 199 Å². The number of carboxylic acid groups (broad SMARTS) is 1. The van der Waals surface area contributed by atoms with E-state index in [0.717, 1.165) is 62.7 Å². The average Bonchev–Trinajstić information content (AvgIpc) is 3.21. The fourth-order valence-corrected chi connectivity index (χ4v) is 5.04. The molecule has 34 heavy (non-hydrogen) atoms. The zero-order chi connectivity index (χ0) is 24.2. The first-order chi connectivity index (χ1) is 16.3. The summed E-state index contributed by atoms with van der Waals surface area (Å²) in [6, 6.07) is 2.06. The van der Waals surface area contributed by atoms with E-state index in [1.807, 2.05) is 0 Å². The molecule has 2 aromatic rings. The number of nitrogens with one attached hydrogen (secondary N) is 3. The Morgan fingerprint density at radius 1 is 1.32 bits per heavy atom. The third kappa shape index (κ3) is 5.62. The Balaban J connectivity index is 1.33. The normalized spacial score (nSPS) is 20.4. The molecular weight excluding hydrogens is 468 g/mol. The summed E-state index contributed by atoms with van der Waals surface area (Å²) in [6.45, 7) is 5.39. The number of piperazine rings is 1. The minimum Gasteiger partial charge on any atom is -0.477 e. The number of aromatic nitrogens is 1. The van der Waals surface area contributed by atoms with Crippen molar-refractivity contribution in [2.24, 2.45) is 5.92 Å². The zero-order valence-electron chi connectivity index (χ0n) is 18.7. The van der Waals surface area contributed by atoms with E-state index in [1.54, 1.807) is 0 Å². The molecule has 0 radical (unpaired) electrons. The fourth-order valence-electron chi connectivity index (χ4n) is 4.32. The van der Waals surface area contributed by atoms with Crippen LogP contribution in [0, 0.1) is 24.5 Å². The van der Waals surface area contributed by atoms with Gasteiger partial charge in [-0.1, -0.05) is 0 Å². The molecule has 0 bridgehead atoms. The number of benzene rings is 1. The quantitative estimate of drug-likeness (QED) is 0.467. The molecule has 3 heterocycles. The molecule has 1 aromatic heterocycles. The van der Waals surface area contributed by atoms with Crippen molar-refractivity contribution in [1.29, 1.82) is 0 Å². The van der Waals surface area contributed by atoms with Gasteiger partial charge in [0.05, 0.1) is 0 Å². The number of nitrogens with zero attached hydrogens (tertiary/aromatic N) is 2. The van der Waals surface area contributed by atoms with Crippen LogP contribution in [0.4, 0.5) is 18.6 Å². The van der Waals surface area contributed by atoms with Crippen LogP contribution in [0.25, 0.3) is 0 Å². The van der Waals surface area contributed by atoms with Gasteiger partial charge in [-0.05, 0) is 54.9 Å². The van der Waals surface area contributed by atoms with Crippen LogP contribution in [-0.2, 0) is 6.61 Å². The lowest BCUT2D eigenvalue weighted by atomic mass is 9.91. The molecule has 2 saturated heterocycles. The van der Waals surface area contributed by atoms with Crippen LogP contribution in [0.5, 0.6) is 5.88 Å². The molecule has 2 amide bonds. The van der Waals surface area contributed by atoms with Crippen molar-refractivity contribution in [2.75, 3.05) is 38.0 Å². The van der Waals surface area contributed by atoms with Gasteiger partial charge in [0.1, 0.15) is 23.2 Å². The maximum atomic E-state index is 14.0. The molecule has 2 aliphatic rings. The van der Waals surface area contributed by atoms with Gasteiger partial charge in [0, 0.05) is 44.3 Å². The van der Waals surface area contributed by atoms with E-state index in [-0.39, 0.29) is 27.6 Å². The summed E-state index contributed by atoms with van der Waals surface area (Å²) in [7, 11) is 0. The Morgan fingerprint density at radius 3 is 2.94 bits per heavy atom. The molecule has 184 valence electrons. The maximum absolute atomic E-state index is 14.0. The van der Waals surface area contributed by atoms with Gasteiger partial charge < -0.3 is 20.5 Å². The van der Waals surface area contributed by atoms with E-state index in [2.05, 4.69) is 25.2 Å². The van der Waals surface area contributed by atoms with Crippen LogP contribution in [-0.4, -0.2) is 65.1 Å². The molecule has 2 atom stereocenters. The summed E-state index contributed by atoms with van der Waals surface area (Å²) in [4.78, 5) is 26.6. The number of rotatable bonds is 7. The van der Waals surface area contributed by atoms with Crippen molar-refractivity contribution in [3.05, 3.63) is 40.5 Å². The molecular formula is C22H27F2N5O4S. The van der Waals surface area contributed by atoms with Crippen LogP contribution in [0.2, 0.25) is 0 Å². The molecule has 4 N–H and O–H groups in total. The summed E-state index contributed by atoms with van der Waals surface area (Å²) in [5.74, 6) is -2.57. The van der Waals surface area contributed by atoms with Gasteiger partial charge >= 0.3 is 12.0 Å². The molecule has 0 saturated carbocycles. The fraction of sp³-hybridized carbons (Fsp3) is 0.500. The van der Waals surface area contributed by atoms with E-state index in [1.165, 1.54) is 6.92 Å². The van der Waals surface area contributed by atoms with Crippen molar-refractivity contribution in [3.8, 4) is 5.88 Å². The minimum atomic E-state index is -1.35. The van der Waals surface area contributed by atoms with Crippen molar-refractivity contribution in [3.63, 3.8) is 0 Å². The van der Waals surface area contributed by atoms with E-state index in [4.69, 9.17) is 4.74 Å². The second-order valence-electron chi connectivity index (χ2n) is 8.61. The lowest BCUT2D eigenvalue weighted by Crippen LogP contribution is -2.56. The van der Waals surface area contributed by atoms with Gasteiger partial charge in [0.2, 0.25) is 5.88 Å². The average molecular weight is 496 g/mol. The van der Waals surface area contributed by atoms with Gasteiger partial charge in [-0.15, -0.1) is 0 Å². The number of hydrogen-bond acceptors (Lipinski definition) is 7. The Kier molecular flexibility index (Phi) is 7.59. The number of fused-ring (bicyclic) bond motifs is 1.